The molecule has 1 aromatic heterocycles. The molecule has 0 spiro atoms. The van der Waals surface area contributed by atoms with Gasteiger partial charge >= 0.3 is 0 Å². The average Bonchev–Trinajstić information content (AvgIpc) is 2.65. The van der Waals surface area contributed by atoms with E-state index in [1.807, 2.05) is 6.07 Å². The maximum Gasteiger partial charge on any atom is 0.199 e. The van der Waals surface area contributed by atoms with Crippen LogP contribution in [0.2, 0.25) is 0 Å². The third kappa shape index (κ3) is 2.18. The lowest BCUT2D eigenvalue weighted by atomic mass is 10.00. The van der Waals surface area contributed by atoms with Gasteiger partial charge in [-0.1, -0.05) is 12.1 Å². The van der Waals surface area contributed by atoms with Crippen LogP contribution in [-0.4, -0.2) is 0 Å². The molecule has 0 aliphatic heterocycles. The molecule has 0 atom stereocenters. The molecule has 4 heteroatoms. The first kappa shape index (κ1) is 12.8. The summed E-state index contributed by atoms with van der Waals surface area (Å²) in [6.07, 6.45) is 5.24. The number of benzene rings is 1. The molecule has 1 aliphatic carbocycles. The molecule has 0 saturated carbocycles. The zero-order valence-corrected chi connectivity index (χ0v) is 10.8. The van der Waals surface area contributed by atoms with E-state index in [1.54, 1.807) is 18.2 Å². The second kappa shape index (κ2) is 5.04. The van der Waals surface area contributed by atoms with E-state index >= 15 is 0 Å². The summed E-state index contributed by atoms with van der Waals surface area (Å²) < 4.78 is 28.1. The number of rotatable bonds is 1. The number of fused-ring (bicyclic) bond motifs is 1. The largest absolute Gasteiger partial charge is 0.618 e. The lowest BCUT2D eigenvalue weighted by Crippen LogP contribution is -2.31. The first-order valence-corrected chi connectivity index (χ1v) is 6.53. The van der Waals surface area contributed by atoms with Gasteiger partial charge in [-0.05, 0) is 36.6 Å². The van der Waals surface area contributed by atoms with Crippen LogP contribution in [-0.2, 0) is 6.42 Å². The Hall–Kier alpha value is -2.23. The number of hydrogen-bond acceptors (Lipinski definition) is 1. The van der Waals surface area contributed by atoms with E-state index in [0.717, 1.165) is 28.4 Å². The van der Waals surface area contributed by atoms with E-state index in [1.165, 1.54) is 12.3 Å². The summed E-state index contributed by atoms with van der Waals surface area (Å²) in [5.41, 5.74) is 2.46. The normalized spacial score (nSPS) is 14.4. The number of aromatic nitrogens is 1. The third-order valence-corrected chi connectivity index (χ3v) is 3.58. The van der Waals surface area contributed by atoms with E-state index < -0.39 is 11.6 Å². The van der Waals surface area contributed by atoms with Crippen LogP contribution < -0.4 is 4.73 Å². The highest BCUT2D eigenvalue weighted by atomic mass is 19.2. The van der Waals surface area contributed by atoms with E-state index in [4.69, 9.17) is 0 Å². The van der Waals surface area contributed by atoms with E-state index in [0.29, 0.717) is 18.5 Å². The van der Waals surface area contributed by atoms with Crippen molar-refractivity contribution in [2.24, 2.45) is 0 Å². The summed E-state index contributed by atoms with van der Waals surface area (Å²) in [4.78, 5) is 0. The van der Waals surface area contributed by atoms with Crippen LogP contribution in [0.25, 0.3) is 11.6 Å². The van der Waals surface area contributed by atoms with Crippen molar-refractivity contribution in [2.45, 2.75) is 19.3 Å². The van der Waals surface area contributed by atoms with Crippen LogP contribution in [0, 0.1) is 16.8 Å². The molecule has 0 radical (unpaired) electrons. The lowest BCUT2D eigenvalue weighted by molar-refractivity contribution is -0.614. The molecular weight excluding hydrogens is 260 g/mol. The van der Waals surface area contributed by atoms with Crippen molar-refractivity contribution in [1.29, 1.82) is 0 Å². The lowest BCUT2D eigenvalue weighted by Gasteiger charge is -2.07. The second-order valence-corrected chi connectivity index (χ2v) is 4.86. The maximum atomic E-state index is 13.9. The number of allylic oxidation sites excluding steroid dienone is 1. The molecule has 102 valence electrons. The number of nitrogens with zero attached hydrogens (tertiary/aromatic N) is 1. The van der Waals surface area contributed by atoms with Crippen molar-refractivity contribution in [2.75, 3.05) is 0 Å². The monoisotopic (exact) mass is 273 g/mol. The van der Waals surface area contributed by atoms with Crippen LogP contribution in [0.4, 0.5) is 8.78 Å². The van der Waals surface area contributed by atoms with Gasteiger partial charge in [0.15, 0.2) is 23.5 Å². The van der Waals surface area contributed by atoms with Gasteiger partial charge in [-0.3, -0.25) is 0 Å². The standard InChI is InChI=1S/C16H13F2NO/c17-14-7-2-6-13(16(14)18)11-4-1-8-15-12(10-11)5-3-9-19(15)20/h2-3,5-7,9-10H,1,4,8H2. The fourth-order valence-corrected chi connectivity index (χ4v) is 2.59. The topological polar surface area (TPSA) is 26.9 Å². The fourth-order valence-electron chi connectivity index (χ4n) is 2.59. The minimum absolute atomic E-state index is 0.277. The highest BCUT2D eigenvalue weighted by Crippen LogP contribution is 2.30. The molecule has 0 unspecified atom stereocenters. The van der Waals surface area contributed by atoms with Gasteiger partial charge in [-0.25, -0.2) is 8.78 Å². The van der Waals surface area contributed by atoms with Gasteiger partial charge in [0.05, 0.1) is 0 Å². The van der Waals surface area contributed by atoms with Crippen molar-refractivity contribution < 1.29 is 13.5 Å². The molecule has 1 aliphatic rings. The van der Waals surface area contributed by atoms with Crippen LogP contribution in [0.15, 0.2) is 36.5 Å². The summed E-state index contributed by atoms with van der Waals surface area (Å²) in [5, 5.41) is 11.7. The highest BCUT2D eigenvalue weighted by Gasteiger charge is 2.18. The minimum Gasteiger partial charge on any atom is -0.618 e. The van der Waals surface area contributed by atoms with E-state index in [-0.39, 0.29) is 5.56 Å². The summed E-state index contributed by atoms with van der Waals surface area (Å²) in [5.74, 6) is -1.67. The predicted molar refractivity (Wildman–Crippen MR) is 72.6 cm³/mol. The van der Waals surface area contributed by atoms with Crippen LogP contribution in [0.5, 0.6) is 0 Å². The Labute approximate surface area is 115 Å². The highest BCUT2D eigenvalue weighted by molar-refractivity contribution is 5.82. The molecule has 1 heterocycles. The van der Waals surface area contributed by atoms with E-state index in [2.05, 4.69) is 0 Å². The van der Waals surface area contributed by atoms with Gasteiger partial charge < -0.3 is 5.21 Å². The third-order valence-electron chi connectivity index (χ3n) is 3.58. The van der Waals surface area contributed by atoms with Gasteiger partial charge in [0, 0.05) is 23.6 Å². The van der Waals surface area contributed by atoms with Crippen LogP contribution >= 0.6 is 0 Å². The minimum atomic E-state index is -0.847. The predicted octanol–water partition coefficient (Wildman–Crippen LogP) is 3.48. The molecule has 1 aromatic carbocycles. The summed E-state index contributed by atoms with van der Waals surface area (Å²) in [7, 11) is 0. The molecule has 3 rings (SSSR count). The smallest absolute Gasteiger partial charge is 0.199 e. The Bertz CT molecular complexity index is 695. The van der Waals surface area contributed by atoms with Gasteiger partial charge in [0.2, 0.25) is 0 Å². The van der Waals surface area contributed by atoms with Gasteiger partial charge in [-0.2, -0.15) is 4.73 Å². The number of hydrogen-bond donors (Lipinski definition) is 0. The van der Waals surface area contributed by atoms with Crippen LogP contribution in [0.1, 0.15) is 29.7 Å². The molecule has 0 N–H and O–H groups in total. The maximum absolute atomic E-state index is 13.9. The first-order valence-electron chi connectivity index (χ1n) is 6.53. The Morgan fingerprint density at radius 1 is 1.05 bits per heavy atom. The Kier molecular flexibility index (Phi) is 3.22. The summed E-state index contributed by atoms with van der Waals surface area (Å²) in [6.45, 7) is 0. The summed E-state index contributed by atoms with van der Waals surface area (Å²) >= 11 is 0. The van der Waals surface area contributed by atoms with Gasteiger partial charge in [0.25, 0.3) is 0 Å². The number of pyridine rings is 1. The van der Waals surface area contributed by atoms with Crippen LogP contribution in [0.3, 0.4) is 0 Å². The Morgan fingerprint density at radius 2 is 1.90 bits per heavy atom. The fraction of sp³-hybridized carbons (Fsp3) is 0.188. The van der Waals surface area contributed by atoms with Crippen molar-refractivity contribution in [3.05, 3.63) is 70.2 Å². The molecule has 20 heavy (non-hydrogen) atoms. The zero-order valence-electron chi connectivity index (χ0n) is 10.8. The van der Waals surface area contributed by atoms with Crippen molar-refractivity contribution >= 4 is 11.6 Å². The van der Waals surface area contributed by atoms with Crippen molar-refractivity contribution in [1.82, 2.24) is 0 Å². The first-order chi connectivity index (χ1) is 9.66. The molecule has 0 amide bonds. The SMILES string of the molecule is [O-][n+]1cccc2c1CCCC(c1cccc(F)c1F)=C2. The molecule has 2 nitrogen and oxygen atoms in total. The Balaban J connectivity index is 2.13. The van der Waals surface area contributed by atoms with Crippen molar-refractivity contribution in [3.8, 4) is 0 Å². The quantitative estimate of drug-likeness (QED) is 0.577. The van der Waals surface area contributed by atoms with Gasteiger partial charge in [-0.15, -0.1) is 0 Å². The molecule has 0 bridgehead atoms. The molecule has 0 saturated heterocycles. The molecule has 0 fully saturated rings. The molecule has 2 aromatic rings. The second-order valence-electron chi connectivity index (χ2n) is 4.86. The molecular formula is C16H13F2NO. The zero-order chi connectivity index (χ0) is 14.1. The van der Waals surface area contributed by atoms with Gasteiger partial charge in [0.1, 0.15) is 0 Å². The van der Waals surface area contributed by atoms with Crippen molar-refractivity contribution in [3.63, 3.8) is 0 Å². The number of halogens is 2. The summed E-state index contributed by atoms with van der Waals surface area (Å²) in [6, 6.07) is 7.66. The average molecular weight is 273 g/mol. The van der Waals surface area contributed by atoms with E-state index in [9.17, 15) is 14.0 Å². The Morgan fingerprint density at radius 3 is 2.75 bits per heavy atom.